The van der Waals surface area contributed by atoms with Crippen molar-refractivity contribution in [3.8, 4) is 11.5 Å². The zero-order chi connectivity index (χ0) is 22.3. The lowest BCUT2D eigenvalue weighted by molar-refractivity contribution is -0.137. The highest BCUT2D eigenvalue weighted by Gasteiger charge is 2.30. The summed E-state index contributed by atoms with van der Waals surface area (Å²) < 4.78 is 49.6. The summed E-state index contributed by atoms with van der Waals surface area (Å²) in [6.07, 6.45) is -3.18. The van der Waals surface area contributed by atoms with Crippen LogP contribution in [0.1, 0.15) is 11.1 Å². The van der Waals surface area contributed by atoms with Crippen molar-refractivity contribution in [1.82, 2.24) is 5.43 Å². The fourth-order valence-corrected chi connectivity index (χ4v) is 3.01. The number of hydrogen-bond donors (Lipinski definition) is 3. The van der Waals surface area contributed by atoms with E-state index in [4.69, 9.17) is 15.2 Å². The molecule has 0 fully saturated rings. The predicted molar refractivity (Wildman–Crippen MR) is 112 cm³/mol. The fourth-order valence-electron chi connectivity index (χ4n) is 2.23. The van der Waals surface area contributed by atoms with Gasteiger partial charge in [0.05, 0.1) is 22.5 Å². The highest BCUT2D eigenvalue weighted by molar-refractivity contribution is 14.1. The van der Waals surface area contributed by atoms with Gasteiger partial charge in [-0.25, -0.2) is 10.2 Å². The average Bonchev–Trinajstić information content (AvgIpc) is 2.66. The van der Waals surface area contributed by atoms with E-state index in [0.29, 0.717) is 9.13 Å². The zero-order valence-electron chi connectivity index (χ0n) is 15.4. The number of primary amides is 1. The van der Waals surface area contributed by atoms with Crippen molar-refractivity contribution in [3.63, 3.8) is 0 Å². The van der Waals surface area contributed by atoms with E-state index in [2.05, 4.69) is 15.8 Å². The summed E-state index contributed by atoms with van der Waals surface area (Å²) >= 11 is 1.95. The average molecular weight is 536 g/mol. The van der Waals surface area contributed by atoms with Gasteiger partial charge in [-0.15, -0.1) is 0 Å². The van der Waals surface area contributed by atoms with Gasteiger partial charge in [-0.3, -0.25) is 4.79 Å². The lowest BCUT2D eigenvalue weighted by Gasteiger charge is -2.14. The fraction of sp³-hybridized carbons (Fsp3) is 0.167. The number of ether oxygens (including phenoxy) is 2. The van der Waals surface area contributed by atoms with Crippen LogP contribution >= 0.6 is 22.6 Å². The van der Waals surface area contributed by atoms with E-state index >= 15 is 0 Å². The minimum absolute atomic E-state index is 0.00593. The van der Waals surface area contributed by atoms with E-state index < -0.39 is 30.3 Å². The molecule has 2 rings (SSSR count). The number of hydrazone groups is 1. The van der Waals surface area contributed by atoms with Gasteiger partial charge in [-0.05, 0) is 58.5 Å². The largest absolute Gasteiger partial charge is 0.493 e. The molecule has 2 aromatic carbocycles. The first-order valence-electron chi connectivity index (χ1n) is 8.16. The second-order valence-corrected chi connectivity index (χ2v) is 6.85. The van der Waals surface area contributed by atoms with Crippen molar-refractivity contribution < 1.29 is 32.2 Å². The SMILES string of the molecule is COc1cc(/C=N/NC(N)=O)cc(I)c1OCC(=O)Nc1cccc(C(F)(F)F)c1. The van der Waals surface area contributed by atoms with Gasteiger partial charge < -0.3 is 20.5 Å². The van der Waals surface area contributed by atoms with Crippen molar-refractivity contribution in [2.75, 3.05) is 19.0 Å². The summed E-state index contributed by atoms with van der Waals surface area (Å²) in [5.41, 5.74) is 6.65. The molecule has 2 aromatic rings. The summed E-state index contributed by atoms with van der Waals surface area (Å²) in [6, 6.07) is 6.65. The molecule has 0 radical (unpaired) electrons. The molecule has 8 nitrogen and oxygen atoms in total. The lowest BCUT2D eigenvalue weighted by Crippen LogP contribution is -2.24. The Kier molecular flexibility index (Phi) is 7.86. The molecule has 0 aliphatic heterocycles. The maximum absolute atomic E-state index is 12.8. The van der Waals surface area contributed by atoms with E-state index in [1.807, 2.05) is 22.6 Å². The summed E-state index contributed by atoms with van der Waals surface area (Å²) in [6.45, 7) is -0.459. The van der Waals surface area contributed by atoms with Crippen LogP contribution in [0.25, 0.3) is 0 Å². The molecule has 0 atom stereocenters. The molecule has 0 heterocycles. The number of nitrogens with one attached hydrogen (secondary N) is 2. The number of hydrogen-bond acceptors (Lipinski definition) is 5. The van der Waals surface area contributed by atoms with Gasteiger partial charge >= 0.3 is 12.2 Å². The number of urea groups is 1. The smallest absolute Gasteiger partial charge is 0.416 e. The number of carbonyl (C=O) groups is 2. The van der Waals surface area contributed by atoms with Crippen LogP contribution in [-0.4, -0.2) is 31.9 Å². The summed E-state index contributed by atoms with van der Waals surface area (Å²) in [7, 11) is 1.39. The molecule has 0 unspecified atom stereocenters. The Morgan fingerprint density at radius 2 is 2.00 bits per heavy atom. The van der Waals surface area contributed by atoms with E-state index in [-0.39, 0.29) is 17.2 Å². The topological polar surface area (TPSA) is 115 Å². The van der Waals surface area contributed by atoms with Crippen molar-refractivity contribution in [2.45, 2.75) is 6.18 Å². The zero-order valence-corrected chi connectivity index (χ0v) is 17.6. The van der Waals surface area contributed by atoms with Crippen LogP contribution in [0.2, 0.25) is 0 Å². The molecule has 0 saturated heterocycles. The predicted octanol–water partition coefficient (Wildman–Crippen LogP) is 3.34. The first-order chi connectivity index (χ1) is 14.1. The van der Waals surface area contributed by atoms with Crippen molar-refractivity contribution in [2.24, 2.45) is 10.8 Å². The summed E-state index contributed by atoms with van der Waals surface area (Å²) in [5.74, 6) is -0.102. The molecule has 3 amide bonds. The number of alkyl halides is 3. The Morgan fingerprint density at radius 3 is 2.63 bits per heavy atom. The molecule has 0 saturated carbocycles. The van der Waals surface area contributed by atoms with Crippen molar-refractivity contribution >= 4 is 46.4 Å². The van der Waals surface area contributed by atoms with Crippen LogP contribution in [0, 0.1) is 3.57 Å². The number of carbonyl (C=O) groups excluding carboxylic acids is 2. The number of nitrogens with two attached hydrogens (primary N) is 1. The number of anilines is 1. The van der Waals surface area contributed by atoms with Gasteiger partial charge in [0.15, 0.2) is 18.1 Å². The molecule has 0 aromatic heterocycles. The maximum Gasteiger partial charge on any atom is 0.416 e. The second-order valence-electron chi connectivity index (χ2n) is 5.68. The van der Waals surface area contributed by atoms with Gasteiger partial charge in [0.1, 0.15) is 0 Å². The standard InChI is InChI=1S/C18H16F3IN4O4/c1-29-14-6-10(8-24-26-17(23)28)5-13(22)16(14)30-9-15(27)25-12-4-2-3-11(7-12)18(19,20)21/h2-8H,9H2,1H3,(H,25,27)(H3,23,26,28)/b24-8+. The van der Waals surface area contributed by atoms with Crippen molar-refractivity contribution in [1.29, 1.82) is 0 Å². The van der Waals surface area contributed by atoms with E-state index in [9.17, 15) is 22.8 Å². The number of benzene rings is 2. The van der Waals surface area contributed by atoms with Crippen molar-refractivity contribution in [3.05, 3.63) is 51.1 Å². The molecule has 4 N–H and O–H groups in total. The van der Waals surface area contributed by atoms with Crippen LogP contribution in [-0.2, 0) is 11.0 Å². The molecule has 0 spiro atoms. The molecule has 0 aliphatic rings. The number of methoxy groups -OCH3 is 1. The van der Waals surface area contributed by atoms with Crippen LogP contribution in [0.4, 0.5) is 23.7 Å². The van der Waals surface area contributed by atoms with Crippen LogP contribution < -0.4 is 25.9 Å². The van der Waals surface area contributed by atoms with Gasteiger partial charge in [-0.2, -0.15) is 18.3 Å². The van der Waals surface area contributed by atoms with Gasteiger partial charge in [-0.1, -0.05) is 6.07 Å². The molecular formula is C18H16F3IN4O4. The minimum Gasteiger partial charge on any atom is -0.493 e. The van der Waals surface area contributed by atoms with E-state index in [1.54, 1.807) is 12.1 Å². The Hall–Kier alpha value is -3.03. The highest BCUT2D eigenvalue weighted by atomic mass is 127. The van der Waals surface area contributed by atoms with Gasteiger partial charge in [0.25, 0.3) is 5.91 Å². The van der Waals surface area contributed by atoms with Gasteiger partial charge in [0, 0.05) is 5.69 Å². The Balaban J connectivity index is 2.07. The number of amides is 3. The second kappa shape index (κ2) is 10.1. The molecule has 0 bridgehead atoms. The quantitative estimate of drug-likeness (QED) is 0.286. The minimum atomic E-state index is -4.52. The van der Waals surface area contributed by atoms with E-state index in [1.165, 1.54) is 25.5 Å². The molecule has 160 valence electrons. The Labute approximate surface area is 182 Å². The number of nitrogens with zero attached hydrogens (tertiary/aromatic N) is 1. The van der Waals surface area contributed by atoms with E-state index in [0.717, 1.165) is 12.1 Å². The number of halogens is 4. The first kappa shape index (κ1) is 23.3. The van der Waals surface area contributed by atoms with Gasteiger partial charge in [0.2, 0.25) is 0 Å². The Bertz CT molecular complexity index is 967. The molecule has 12 heteroatoms. The lowest BCUT2D eigenvalue weighted by atomic mass is 10.2. The van der Waals surface area contributed by atoms with Crippen LogP contribution in [0.15, 0.2) is 41.5 Å². The molecule has 0 aliphatic carbocycles. The summed E-state index contributed by atoms with van der Waals surface area (Å²) in [5, 5.41) is 5.99. The third-order valence-electron chi connectivity index (χ3n) is 3.46. The normalized spacial score (nSPS) is 11.2. The monoisotopic (exact) mass is 536 g/mol. The number of rotatable bonds is 7. The third-order valence-corrected chi connectivity index (χ3v) is 4.26. The van der Waals surface area contributed by atoms with Crippen LogP contribution in [0.3, 0.4) is 0 Å². The van der Waals surface area contributed by atoms with Crippen LogP contribution in [0.5, 0.6) is 11.5 Å². The highest BCUT2D eigenvalue weighted by Crippen LogP contribution is 2.34. The first-order valence-corrected chi connectivity index (χ1v) is 9.24. The molecule has 30 heavy (non-hydrogen) atoms. The third kappa shape index (κ3) is 6.79. The molecular weight excluding hydrogens is 520 g/mol. The Morgan fingerprint density at radius 1 is 1.27 bits per heavy atom. The maximum atomic E-state index is 12.8. The summed E-state index contributed by atoms with van der Waals surface area (Å²) in [4.78, 5) is 22.7.